The van der Waals surface area contributed by atoms with E-state index in [0.29, 0.717) is 0 Å². The van der Waals surface area contributed by atoms with Crippen LogP contribution in [0.15, 0.2) is 24.4 Å². The summed E-state index contributed by atoms with van der Waals surface area (Å²) in [5.74, 6) is 0. The molecule has 0 saturated carbocycles. The SMILES string of the molecule is Cc1ccc(C2=CNCN2)cc1C. The van der Waals surface area contributed by atoms with Crippen LogP contribution in [0.2, 0.25) is 0 Å². The average Bonchev–Trinajstić information content (AvgIpc) is 2.62. The molecule has 2 rings (SSSR count). The first kappa shape index (κ1) is 8.17. The van der Waals surface area contributed by atoms with E-state index in [0.717, 1.165) is 6.67 Å². The second kappa shape index (κ2) is 3.13. The Balaban J connectivity index is 2.36. The summed E-state index contributed by atoms with van der Waals surface area (Å²) in [6.45, 7) is 5.11. The Morgan fingerprint density at radius 1 is 1.15 bits per heavy atom. The highest BCUT2D eigenvalue weighted by molar-refractivity contribution is 5.65. The van der Waals surface area contributed by atoms with Crippen LogP contribution in [0.1, 0.15) is 16.7 Å². The summed E-state index contributed by atoms with van der Waals surface area (Å²) in [5, 5.41) is 6.40. The van der Waals surface area contributed by atoms with Crippen molar-refractivity contribution in [2.45, 2.75) is 13.8 Å². The van der Waals surface area contributed by atoms with E-state index < -0.39 is 0 Å². The van der Waals surface area contributed by atoms with Gasteiger partial charge in [0.1, 0.15) is 0 Å². The molecule has 1 aliphatic heterocycles. The molecule has 0 aliphatic carbocycles. The van der Waals surface area contributed by atoms with E-state index >= 15 is 0 Å². The first-order valence-electron chi connectivity index (χ1n) is 4.52. The molecule has 2 nitrogen and oxygen atoms in total. The third-order valence-electron chi connectivity index (χ3n) is 2.45. The minimum atomic E-state index is 0.836. The quantitative estimate of drug-likeness (QED) is 0.677. The molecule has 0 bridgehead atoms. The number of aryl methyl sites for hydroxylation is 2. The lowest BCUT2D eigenvalue weighted by atomic mass is 10.0. The van der Waals surface area contributed by atoms with Crippen molar-refractivity contribution in [2.75, 3.05) is 6.67 Å². The molecule has 1 heterocycles. The Labute approximate surface area is 78.7 Å². The van der Waals surface area contributed by atoms with Gasteiger partial charge in [0.25, 0.3) is 0 Å². The summed E-state index contributed by atoms with van der Waals surface area (Å²) in [4.78, 5) is 0. The Morgan fingerprint density at radius 2 is 2.00 bits per heavy atom. The van der Waals surface area contributed by atoms with Crippen LogP contribution in [0.3, 0.4) is 0 Å². The zero-order chi connectivity index (χ0) is 9.26. The van der Waals surface area contributed by atoms with Crippen LogP contribution < -0.4 is 10.6 Å². The van der Waals surface area contributed by atoms with Crippen molar-refractivity contribution < 1.29 is 0 Å². The number of benzene rings is 1. The molecule has 2 N–H and O–H groups in total. The molecular formula is C11H14N2. The second-order valence-corrected chi connectivity index (χ2v) is 3.41. The minimum Gasteiger partial charge on any atom is -0.372 e. The Kier molecular flexibility index (Phi) is 1.97. The molecule has 68 valence electrons. The topological polar surface area (TPSA) is 24.1 Å². The van der Waals surface area contributed by atoms with Gasteiger partial charge >= 0.3 is 0 Å². The van der Waals surface area contributed by atoms with Crippen LogP contribution in [0.25, 0.3) is 5.70 Å². The molecule has 0 atom stereocenters. The van der Waals surface area contributed by atoms with Gasteiger partial charge in [0.05, 0.1) is 12.4 Å². The van der Waals surface area contributed by atoms with Gasteiger partial charge in [-0.25, -0.2) is 0 Å². The van der Waals surface area contributed by atoms with Crippen molar-refractivity contribution in [3.05, 3.63) is 41.1 Å². The van der Waals surface area contributed by atoms with Crippen molar-refractivity contribution in [2.24, 2.45) is 0 Å². The summed E-state index contributed by atoms with van der Waals surface area (Å²) in [6, 6.07) is 6.51. The largest absolute Gasteiger partial charge is 0.372 e. The van der Waals surface area contributed by atoms with Gasteiger partial charge < -0.3 is 10.6 Å². The predicted octanol–water partition coefficient (Wildman–Crippen LogP) is 1.75. The number of hydrogen-bond acceptors (Lipinski definition) is 2. The minimum absolute atomic E-state index is 0.836. The molecule has 0 spiro atoms. The summed E-state index contributed by atoms with van der Waals surface area (Å²) >= 11 is 0. The van der Waals surface area contributed by atoms with E-state index in [1.807, 2.05) is 6.20 Å². The van der Waals surface area contributed by atoms with E-state index in [4.69, 9.17) is 0 Å². The van der Waals surface area contributed by atoms with E-state index in [1.54, 1.807) is 0 Å². The van der Waals surface area contributed by atoms with Crippen LogP contribution in [0.4, 0.5) is 0 Å². The second-order valence-electron chi connectivity index (χ2n) is 3.41. The monoisotopic (exact) mass is 174 g/mol. The third-order valence-corrected chi connectivity index (χ3v) is 2.45. The predicted molar refractivity (Wildman–Crippen MR) is 55.0 cm³/mol. The fourth-order valence-corrected chi connectivity index (χ4v) is 1.44. The molecule has 0 fully saturated rings. The fraction of sp³-hybridized carbons (Fsp3) is 0.273. The van der Waals surface area contributed by atoms with Gasteiger partial charge in [-0.05, 0) is 36.6 Å². The van der Waals surface area contributed by atoms with Crippen molar-refractivity contribution in [3.8, 4) is 0 Å². The molecule has 1 aliphatic rings. The number of hydrogen-bond donors (Lipinski definition) is 2. The molecule has 2 heteroatoms. The van der Waals surface area contributed by atoms with Gasteiger partial charge in [0.2, 0.25) is 0 Å². The van der Waals surface area contributed by atoms with E-state index in [2.05, 4.69) is 42.7 Å². The molecule has 13 heavy (non-hydrogen) atoms. The first-order valence-corrected chi connectivity index (χ1v) is 4.52. The number of nitrogens with one attached hydrogen (secondary N) is 2. The molecule has 1 aromatic rings. The van der Waals surface area contributed by atoms with Crippen molar-refractivity contribution in [1.29, 1.82) is 0 Å². The lowest BCUT2D eigenvalue weighted by Gasteiger charge is -2.06. The average molecular weight is 174 g/mol. The van der Waals surface area contributed by atoms with Crippen molar-refractivity contribution in [1.82, 2.24) is 10.6 Å². The molecule has 0 amide bonds. The van der Waals surface area contributed by atoms with Gasteiger partial charge in [0.15, 0.2) is 0 Å². The molecular weight excluding hydrogens is 160 g/mol. The van der Waals surface area contributed by atoms with Gasteiger partial charge in [-0.1, -0.05) is 12.1 Å². The van der Waals surface area contributed by atoms with Gasteiger partial charge in [-0.15, -0.1) is 0 Å². The molecule has 1 aromatic carbocycles. The standard InChI is InChI=1S/C11H14N2/c1-8-3-4-10(5-9(8)2)11-6-12-7-13-11/h3-6,12-13H,7H2,1-2H3. The van der Waals surface area contributed by atoms with Crippen molar-refractivity contribution in [3.63, 3.8) is 0 Å². The lowest BCUT2D eigenvalue weighted by Crippen LogP contribution is -2.13. The van der Waals surface area contributed by atoms with Gasteiger partial charge in [-0.2, -0.15) is 0 Å². The Morgan fingerprint density at radius 3 is 2.62 bits per heavy atom. The van der Waals surface area contributed by atoms with Crippen LogP contribution in [-0.4, -0.2) is 6.67 Å². The highest BCUT2D eigenvalue weighted by atomic mass is 15.1. The zero-order valence-electron chi connectivity index (χ0n) is 8.02. The first-order chi connectivity index (χ1) is 6.27. The Bertz CT molecular complexity index is 353. The summed E-state index contributed by atoms with van der Waals surface area (Å²) in [6.07, 6.45) is 2.02. The number of rotatable bonds is 1. The highest BCUT2D eigenvalue weighted by Gasteiger charge is 2.05. The summed E-state index contributed by atoms with van der Waals surface area (Å²) < 4.78 is 0. The molecule has 0 aromatic heterocycles. The Hall–Kier alpha value is -1.44. The normalized spacial score (nSPS) is 14.8. The van der Waals surface area contributed by atoms with Crippen LogP contribution in [0.5, 0.6) is 0 Å². The highest BCUT2D eigenvalue weighted by Crippen LogP contribution is 2.16. The van der Waals surface area contributed by atoms with Gasteiger partial charge in [0, 0.05) is 6.20 Å². The maximum absolute atomic E-state index is 3.27. The van der Waals surface area contributed by atoms with E-state index in [-0.39, 0.29) is 0 Å². The van der Waals surface area contributed by atoms with Crippen molar-refractivity contribution >= 4 is 5.70 Å². The van der Waals surface area contributed by atoms with E-state index in [9.17, 15) is 0 Å². The molecule has 0 unspecified atom stereocenters. The summed E-state index contributed by atoms with van der Waals surface area (Å²) in [5.41, 5.74) is 5.12. The zero-order valence-corrected chi connectivity index (χ0v) is 8.02. The van der Waals surface area contributed by atoms with Gasteiger partial charge in [-0.3, -0.25) is 0 Å². The van der Waals surface area contributed by atoms with E-state index in [1.165, 1.54) is 22.4 Å². The lowest BCUT2D eigenvalue weighted by molar-refractivity contribution is 0.842. The molecule has 0 radical (unpaired) electrons. The maximum Gasteiger partial charge on any atom is 0.0846 e. The third kappa shape index (κ3) is 1.52. The van der Waals surface area contributed by atoms with Crippen LogP contribution in [0, 0.1) is 13.8 Å². The summed E-state index contributed by atoms with van der Waals surface area (Å²) in [7, 11) is 0. The molecule has 0 saturated heterocycles. The smallest absolute Gasteiger partial charge is 0.0846 e. The van der Waals surface area contributed by atoms with Crippen LogP contribution >= 0.6 is 0 Å². The maximum atomic E-state index is 3.27. The van der Waals surface area contributed by atoms with Crippen LogP contribution in [-0.2, 0) is 0 Å². The fourth-order valence-electron chi connectivity index (χ4n) is 1.44.